The number of benzene rings is 1. The maximum Gasteiger partial charge on any atom is 0.454 e. The van der Waals surface area contributed by atoms with Gasteiger partial charge in [-0.25, -0.2) is 5.43 Å². The number of hydrogen-bond donors (Lipinski definition) is 2. The summed E-state index contributed by atoms with van der Waals surface area (Å²) in [5.74, 6) is -2.00. The van der Waals surface area contributed by atoms with Crippen LogP contribution in [-0.2, 0) is 0 Å². The predicted octanol–water partition coefficient (Wildman–Crippen LogP) is 0.385. The number of hydrazone groups is 1. The summed E-state index contributed by atoms with van der Waals surface area (Å²) in [5.41, 5.74) is 2.30. The van der Waals surface area contributed by atoms with Crippen molar-refractivity contribution in [2.45, 2.75) is 0 Å². The monoisotopic (exact) mass is 305 g/mol. The van der Waals surface area contributed by atoms with E-state index in [0.717, 1.165) is 0 Å². The highest BCUT2D eigenvalue weighted by Gasteiger charge is 2.20. The summed E-state index contributed by atoms with van der Waals surface area (Å²) in [6.45, 7) is 0. The third kappa shape index (κ3) is 3.44. The van der Waals surface area contributed by atoms with E-state index in [4.69, 9.17) is 0 Å². The number of rotatable bonds is 5. The SMILES string of the molecule is O=C(N/N=C/c1cccc([N+](=O)[O-])c1)c1n[nH]c([N+](=O)[O-])n1. The van der Waals surface area contributed by atoms with Crippen molar-refractivity contribution in [3.05, 3.63) is 55.9 Å². The fraction of sp³-hybridized carbons (Fsp3) is 0. The lowest BCUT2D eigenvalue weighted by atomic mass is 10.2. The van der Waals surface area contributed by atoms with Crippen LogP contribution in [0.4, 0.5) is 11.6 Å². The van der Waals surface area contributed by atoms with Crippen LogP contribution in [0.2, 0.25) is 0 Å². The van der Waals surface area contributed by atoms with Gasteiger partial charge < -0.3 is 10.1 Å². The van der Waals surface area contributed by atoms with Crippen LogP contribution < -0.4 is 5.43 Å². The van der Waals surface area contributed by atoms with Gasteiger partial charge >= 0.3 is 17.7 Å². The average Bonchev–Trinajstić information content (AvgIpc) is 2.97. The number of nitro benzene ring substituents is 1. The first kappa shape index (κ1) is 14.7. The van der Waals surface area contributed by atoms with Gasteiger partial charge in [-0.15, -0.1) is 5.10 Å². The molecule has 12 nitrogen and oxygen atoms in total. The second kappa shape index (κ2) is 6.17. The summed E-state index contributed by atoms with van der Waals surface area (Å²) >= 11 is 0. The number of nitro groups is 2. The maximum absolute atomic E-state index is 11.5. The Labute approximate surface area is 121 Å². The standard InChI is InChI=1S/C10H7N7O5/c18-9(8-12-10(15-13-8)17(21)22)14-11-5-6-2-1-3-7(4-6)16(19)20/h1-5H,(H,14,18)(H,12,13,15)/b11-5+. The molecule has 0 saturated carbocycles. The molecule has 0 atom stereocenters. The van der Waals surface area contributed by atoms with E-state index in [1.165, 1.54) is 24.4 Å². The van der Waals surface area contributed by atoms with Gasteiger partial charge in [0.25, 0.3) is 5.69 Å². The molecular weight excluding hydrogens is 298 g/mol. The predicted molar refractivity (Wildman–Crippen MR) is 71.2 cm³/mol. The van der Waals surface area contributed by atoms with E-state index >= 15 is 0 Å². The van der Waals surface area contributed by atoms with Crippen LogP contribution in [0.15, 0.2) is 29.4 Å². The van der Waals surface area contributed by atoms with E-state index in [0.29, 0.717) is 5.56 Å². The molecule has 0 aliphatic carbocycles. The molecule has 1 amide bonds. The number of H-pyrrole nitrogens is 1. The van der Waals surface area contributed by atoms with Crippen LogP contribution in [0.25, 0.3) is 0 Å². The molecule has 0 saturated heterocycles. The fourth-order valence-corrected chi connectivity index (χ4v) is 1.37. The molecule has 0 spiro atoms. The van der Waals surface area contributed by atoms with Gasteiger partial charge in [-0.2, -0.15) is 5.10 Å². The van der Waals surface area contributed by atoms with Crippen molar-refractivity contribution in [1.29, 1.82) is 0 Å². The van der Waals surface area contributed by atoms with Gasteiger partial charge in [-0.1, -0.05) is 17.2 Å². The number of carbonyl (C=O) groups excluding carboxylic acids is 1. The number of aromatic nitrogens is 3. The smallest absolute Gasteiger partial charge is 0.390 e. The molecule has 1 heterocycles. The molecule has 2 N–H and O–H groups in total. The molecule has 1 aromatic heterocycles. The molecule has 12 heteroatoms. The van der Waals surface area contributed by atoms with Gasteiger partial charge in [0.2, 0.25) is 0 Å². The molecule has 0 aliphatic rings. The van der Waals surface area contributed by atoms with Crippen LogP contribution >= 0.6 is 0 Å². The zero-order chi connectivity index (χ0) is 16.1. The number of nitrogens with zero attached hydrogens (tertiary/aromatic N) is 5. The molecule has 0 aliphatic heterocycles. The van der Waals surface area contributed by atoms with Crippen LogP contribution in [0.5, 0.6) is 0 Å². The summed E-state index contributed by atoms with van der Waals surface area (Å²) in [7, 11) is 0. The summed E-state index contributed by atoms with van der Waals surface area (Å²) in [5, 5.41) is 29.8. The Hall–Kier alpha value is -3.70. The minimum absolute atomic E-state index is 0.125. The molecule has 1 aromatic carbocycles. The first-order valence-electron chi connectivity index (χ1n) is 5.62. The number of nitrogens with one attached hydrogen (secondary N) is 2. The highest BCUT2D eigenvalue weighted by atomic mass is 16.6. The van der Waals surface area contributed by atoms with Crippen LogP contribution in [0, 0.1) is 20.2 Å². The van der Waals surface area contributed by atoms with Gasteiger partial charge in [-0.05, 0) is 9.91 Å². The van der Waals surface area contributed by atoms with E-state index in [9.17, 15) is 25.0 Å². The molecule has 0 fully saturated rings. The lowest BCUT2D eigenvalue weighted by molar-refractivity contribution is -0.394. The van der Waals surface area contributed by atoms with E-state index < -0.39 is 27.5 Å². The van der Waals surface area contributed by atoms with Gasteiger partial charge in [0, 0.05) is 17.7 Å². The average molecular weight is 305 g/mol. The summed E-state index contributed by atoms with van der Waals surface area (Å²) in [4.78, 5) is 34.4. The zero-order valence-electron chi connectivity index (χ0n) is 10.7. The van der Waals surface area contributed by atoms with E-state index in [2.05, 4.69) is 15.2 Å². The quantitative estimate of drug-likeness (QED) is 0.457. The first-order valence-corrected chi connectivity index (χ1v) is 5.62. The van der Waals surface area contributed by atoms with Crippen LogP contribution in [0.1, 0.15) is 16.2 Å². The Morgan fingerprint density at radius 3 is 2.73 bits per heavy atom. The second-order valence-electron chi connectivity index (χ2n) is 3.79. The van der Waals surface area contributed by atoms with Crippen molar-refractivity contribution in [3.63, 3.8) is 0 Å². The molecular formula is C10H7N7O5. The number of aromatic amines is 1. The molecule has 2 rings (SSSR count). The zero-order valence-corrected chi connectivity index (χ0v) is 10.7. The highest BCUT2D eigenvalue weighted by Crippen LogP contribution is 2.11. The third-order valence-corrected chi connectivity index (χ3v) is 2.31. The Balaban J connectivity index is 2.02. The second-order valence-corrected chi connectivity index (χ2v) is 3.79. The third-order valence-electron chi connectivity index (χ3n) is 2.31. The normalized spacial score (nSPS) is 10.5. The summed E-state index contributed by atoms with van der Waals surface area (Å²) in [6.07, 6.45) is 1.17. The Morgan fingerprint density at radius 2 is 2.09 bits per heavy atom. The Kier molecular flexibility index (Phi) is 4.12. The van der Waals surface area contributed by atoms with Crippen molar-refractivity contribution in [3.8, 4) is 0 Å². The molecule has 112 valence electrons. The minimum atomic E-state index is -0.869. The maximum atomic E-state index is 11.5. The van der Waals surface area contributed by atoms with Crippen molar-refractivity contribution in [2.24, 2.45) is 5.10 Å². The topological polar surface area (TPSA) is 169 Å². The van der Waals surface area contributed by atoms with Gasteiger partial charge in [0.05, 0.1) is 11.1 Å². The van der Waals surface area contributed by atoms with E-state index in [1.807, 2.05) is 10.5 Å². The fourth-order valence-electron chi connectivity index (χ4n) is 1.37. The first-order chi connectivity index (χ1) is 10.5. The molecule has 22 heavy (non-hydrogen) atoms. The van der Waals surface area contributed by atoms with Crippen molar-refractivity contribution in [1.82, 2.24) is 20.6 Å². The molecule has 2 aromatic rings. The number of non-ortho nitro benzene ring substituents is 1. The molecule has 0 radical (unpaired) electrons. The van der Waals surface area contributed by atoms with E-state index in [1.54, 1.807) is 6.07 Å². The van der Waals surface area contributed by atoms with Crippen molar-refractivity contribution >= 4 is 23.8 Å². The summed E-state index contributed by atoms with van der Waals surface area (Å²) < 4.78 is 0. The number of amides is 1. The van der Waals surface area contributed by atoms with Crippen LogP contribution in [0.3, 0.4) is 0 Å². The minimum Gasteiger partial charge on any atom is -0.390 e. The van der Waals surface area contributed by atoms with Gasteiger partial charge in [0.15, 0.2) is 0 Å². The van der Waals surface area contributed by atoms with Crippen molar-refractivity contribution in [2.75, 3.05) is 0 Å². The van der Waals surface area contributed by atoms with Crippen molar-refractivity contribution < 1.29 is 14.6 Å². The largest absolute Gasteiger partial charge is 0.454 e. The van der Waals surface area contributed by atoms with Gasteiger partial charge in [0.1, 0.15) is 0 Å². The van der Waals surface area contributed by atoms with Crippen LogP contribution in [-0.4, -0.2) is 37.1 Å². The number of hydrogen-bond acceptors (Lipinski definition) is 8. The highest BCUT2D eigenvalue weighted by molar-refractivity contribution is 5.91. The lowest BCUT2D eigenvalue weighted by Crippen LogP contribution is -2.19. The van der Waals surface area contributed by atoms with Gasteiger partial charge in [-0.3, -0.25) is 14.9 Å². The Bertz CT molecular complexity index is 769. The number of carbonyl (C=O) groups is 1. The Morgan fingerprint density at radius 1 is 1.32 bits per heavy atom. The molecule has 0 unspecified atom stereocenters. The van der Waals surface area contributed by atoms with E-state index in [-0.39, 0.29) is 5.69 Å². The molecule has 0 bridgehead atoms. The summed E-state index contributed by atoms with van der Waals surface area (Å²) in [6, 6.07) is 5.57. The lowest BCUT2D eigenvalue weighted by Gasteiger charge is -1.94.